The number of benzene rings is 9. The van der Waals surface area contributed by atoms with Gasteiger partial charge in [0.05, 0.1) is 83.8 Å². The molecule has 0 fully saturated rings. The van der Waals surface area contributed by atoms with Gasteiger partial charge in [0, 0.05) is 86.2 Å². The number of pyridine rings is 3. The molecule has 18 nitrogen and oxygen atoms in total. The number of anilines is 6. The van der Waals surface area contributed by atoms with E-state index in [-0.39, 0.29) is 57.4 Å². The summed E-state index contributed by atoms with van der Waals surface area (Å²) in [4.78, 5) is 74.8. The Kier molecular flexibility index (Phi) is 22.0. The van der Waals surface area contributed by atoms with Gasteiger partial charge in [-0.15, -0.1) is 0 Å². The van der Waals surface area contributed by atoms with Gasteiger partial charge in [0.25, 0.3) is 17.7 Å². The minimum atomic E-state index is -3.45. The number of hydrogen-bond donors (Lipinski definition) is 7. The van der Waals surface area contributed by atoms with E-state index in [1.807, 2.05) is 97.1 Å². The molecule has 0 atom stereocenters. The van der Waals surface area contributed by atoms with Crippen molar-refractivity contribution in [3.63, 3.8) is 0 Å². The van der Waals surface area contributed by atoms with Gasteiger partial charge < -0.3 is 26.4 Å². The number of aromatic nitrogens is 3. The second kappa shape index (κ2) is 30.8. The molecule has 96 heavy (non-hydrogen) atoms. The average molecular weight is 1400 g/mol. The monoisotopic (exact) mass is 1400 g/mol. The van der Waals surface area contributed by atoms with Crippen LogP contribution in [0.1, 0.15) is 44.4 Å². The van der Waals surface area contributed by atoms with Crippen molar-refractivity contribution >= 4 is 164 Å². The number of nitrogens with one attached hydrogen (secondary N) is 5. The summed E-state index contributed by atoms with van der Waals surface area (Å²) in [5.74, 6) is -2.06. The molecule has 3 aromatic heterocycles. The van der Waals surface area contributed by atoms with Crippen LogP contribution >= 0.6 is 58.0 Å². The highest BCUT2D eigenvalue weighted by Crippen LogP contribution is 2.37. The molecule has 0 aliphatic heterocycles. The minimum absolute atomic E-state index is 0.0205. The van der Waals surface area contributed by atoms with E-state index in [1.54, 1.807) is 91.3 Å². The molecule has 0 spiro atoms. The second-order valence-corrected chi connectivity index (χ2v) is 25.0. The molecule has 12 aromatic rings. The Bertz CT molecular complexity index is 5100. The minimum Gasteiger partial charge on any atom is -0.396 e. The lowest BCUT2D eigenvalue weighted by atomic mass is 10.0. The van der Waals surface area contributed by atoms with Crippen LogP contribution in [-0.4, -0.2) is 76.1 Å². The van der Waals surface area contributed by atoms with Crippen LogP contribution in [0.4, 0.5) is 34.1 Å². The van der Waals surface area contributed by atoms with E-state index >= 15 is 0 Å². The molecule has 24 heteroatoms. The van der Waals surface area contributed by atoms with Crippen molar-refractivity contribution in [2.45, 2.75) is 13.3 Å². The quantitative estimate of drug-likeness (QED) is 0.0373. The van der Waals surface area contributed by atoms with Crippen LogP contribution in [-0.2, 0) is 19.6 Å². The highest BCUT2D eigenvalue weighted by Gasteiger charge is 2.20. The molecule has 0 radical (unpaired) electrons. The predicted octanol–water partition coefficient (Wildman–Crippen LogP) is 17.2. The zero-order valence-electron chi connectivity index (χ0n) is 50.6. The summed E-state index contributed by atoms with van der Waals surface area (Å²) in [7, 11) is -3.45. The van der Waals surface area contributed by atoms with Crippen LogP contribution in [0.3, 0.4) is 0 Å². The number of para-hydroxylation sites is 1. The maximum absolute atomic E-state index is 12.8. The van der Waals surface area contributed by atoms with Crippen LogP contribution in [0.5, 0.6) is 0 Å². The molecular weight excluding hydrogens is 1340 g/mol. The van der Waals surface area contributed by atoms with Crippen molar-refractivity contribution in [3.05, 3.63) is 267 Å². The number of rotatable bonds is 15. The van der Waals surface area contributed by atoms with Gasteiger partial charge in [-0.3, -0.25) is 43.9 Å². The lowest BCUT2D eigenvalue weighted by molar-refractivity contribution is -0.121. The highest BCUT2D eigenvalue weighted by atomic mass is 35.5. The maximum atomic E-state index is 12.8. The number of halogens is 5. The fraction of sp³-hybridized carbons (Fsp3) is 0.0556. The molecule has 12 rings (SSSR count). The molecule has 3 heterocycles. The summed E-state index contributed by atoms with van der Waals surface area (Å²) in [6.07, 6.45) is 4.50. The molecule has 9 aromatic carbocycles. The SMILES string of the molecule is CC(=O)N(O)c1ccc(C(=O)Nc2ccc(Cl)c(-c3nccc4ccccc34)c2)c(Cl)c1.CS(=O)(=O)Nc1ccc(C(=O)Nc2ccc(Cl)c(-c3ccc4ccccc4n3)c2)c(Cl)c1.O=C(CCO)Nc1ccc(C(=O)Nc2ccc(Cl)c(-c3nccc4ccccc34)c2)cc1. The standard InChI is InChI=1S/C25H20ClN3O3.C24H17Cl2N3O3.C23H17Cl2N3O3S/c26-22-10-9-19(15-21(22)24-20-4-2-1-3-16(20)11-13-27-24)29-25(32)17-5-7-18(8-6-17)28-23(31)12-14-30;1-14(30)29(32)17-7-8-19(22(26)13-17)24(31)28-16-6-9-21(25)20(12-16)23-18-5-3-2-4-15(18)10-11-27-23;1-32(30,31)28-16-7-9-17(20(25)13-16)23(29)26-15-8-10-19(24)18(12-15)22-11-6-14-4-2-3-5-21(14)27-22/h1-11,13,15,30H,12,14H2,(H,28,31)(H,29,32);2-13,32H,1H3,(H,28,31);2-13,28H,1H3,(H,26,29). The number of carbonyl (C=O) groups excluding carboxylic acids is 5. The lowest BCUT2D eigenvalue weighted by Gasteiger charge is -2.14. The second-order valence-electron chi connectivity index (χ2n) is 21.3. The Balaban J connectivity index is 0.000000157. The molecule has 0 saturated heterocycles. The average Bonchev–Trinajstić information content (AvgIpc) is 0.826. The van der Waals surface area contributed by atoms with Crippen LogP contribution < -0.4 is 31.1 Å². The predicted molar refractivity (Wildman–Crippen MR) is 384 cm³/mol. The van der Waals surface area contributed by atoms with E-state index in [0.717, 1.165) is 50.0 Å². The summed E-state index contributed by atoms with van der Waals surface area (Å²) in [6.45, 7) is 0.987. The third kappa shape index (κ3) is 17.1. The molecule has 0 unspecified atom stereocenters. The summed E-state index contributed by atoms with van der Waals surface area (Å²) < 4.78 is 25.1. The number of hydrogen-bond acceptors (Lipinski definition) is 12. The third-order valence-electron chi connectivity index (χ3n) is 14.4. The van der Waals surface area contributed by atoms with Crippen molar-refractivity contribution in [3.8, 4) is 33.8 Å². The number of amides is 5. The Morgan fingerprint density at radius 1 is 0.469 bits per heavy atom. The number of carbonyl (C=O) groups is 5. The number of nitrogens with zero attached hydrogens (tertiary/aromatic N) is 4. The first-order valence-corrected chi connectivity index (χ1v) is 32.8. The molecule has 0 aliphatic rings. The Hall–Kier alpha value is -10.3. The molecular formula is C72H54Cl5N9O9S. The van der Waals surface area contributed by atoms with Gasteiger partial charge in [0.2, 0.25) is 21.8 Å². The zero-order valence-corrected chi connectivity index (χ0v) is 55.2. The molecule has 7 N–H and O–H groups in total. The van der Waals surface area contributed by atoms with E-state index in [1.165, 1.54) is 43.3 Å². The number of fused-ring (bicyclic) bond motifs is 3. The Morgan fingerprint density at radius 3 is 1.46 bits per heavy atom. The normalized spacial score (nSPS) is 10.9. The smallest absolute Gasteiger partial charge is 0.257 e. The van der Waals surface area contributed by atoms with Gasteiger partial charge in [-0.1, -0.05) is 131 Å². The van der Waals surface area contributed by atoms with Crippen LogP contribution in [0.2, 0.25) is 25.1 Å². The molecule has 0 aliphatic carbocycles. The number of aliphatic hydroxyl groups excluding tert-OH is 1. The first-order valence-electron chi connectivity index (χ1n) is 29.0. The number of aliphatic hydroxyl groups is 1. The van der Waals surface area contributed by atoms with E-state index in [4.69, 9.17) is 63.1 Å². The van der Waals surface area contributed by atoms with Crippen LogP contribution in [0.15, 0.2) is 225 Å². The fourth-order valence-corrected chi connectivity index (χ4v) is 11.6. The molecule has 482 valence electrons. The van der Waals surface area contributed by atoms with Crippen LogP contribution in [0, 0.1) is 0 Å². The molecule has 5 amide bonds. The van der Waals surface area contributed by atoms with E-state index in [9.17, 15) is 37.6 Å². The van der Waals surface area contributed by atoms with Gasteiger partial charge in [0.1, 0.15) is 0 Å². The number of hydroxylamine groups is 1. The van der Waals surface area contributed by atoms with E-state index in [2.05, 4.69) is 40.9 Å². The zero-order chi connectivity index (χ0) is 68.2. The Morgan fingerprint density at radius 2 is 0.938 bits per heavy atom. The van der Waals surface area contributed by atoms with Gasteiger partial charge in [-0.05, 0) is 150 Å². The van der Waals surface area contributed by atoms with Gasteiger partial charge in [0.15, 0.2) is 0 Å². The molecule has 0 saturated carbocycles. The van der Waals surface area contributed by atoms with Crippen molar-refractivity contribution in [2.75, 3.05) is 43.9 Å². The first-order chi connectivity index (χ1) is 46.1. The van der Waals surface area contributed by atoms with Crippen molar-refractivity contribution < 1.29 is 42.7 Å². The molecule has 0 bridgehead atoms. The van der Waals surface area contributed by atoms with E-state index < -0.39 is 27.7 Å². The third-order valence-corrected chi connectivity index (χ3v) is 16.7. The highest BCUT2D eigenvalue weighted by molar-refractivity contribution is 7.92. The summed E-state index contributed by atoms with van der Waals surface area (Å²) in [5.41, 5.74) is 8.46. The number of sulfonamides is 1. The summed E-state index contributed by atoms with van der Waals surface area (Å²) in [5, 5.41) is 36.9. The van der Waals surface area contributed by atoms with Gasteiger partial charge >= 0.3 is 0 Å². The fourth-order valence-electron chi connectivity index (χ4n) is 9.86. The van der Waals surface area contributed by atoms with Gasteiger partial charge in [-0.25, -0.2) is 13.4 Å². The lowest BCUT2D eigenvalue weighted by Crippen LogP contribution is -2.23. The van der Waals surface area contributed by atoms with Crippen molar-refractivity contribution in [1.82, 2.24) is 15.0 Å². The van der Waals surface area contributed by atoms with Crippen molar-refractivity contribution in [1.29, 1.82) is 0 Å². The largest absolute Gasteiger partial charge is 0.396 e. The van der Waals surface area contributed by atoms with Crippen LogP contribution in [0.25, 0.3) is 66.2 Å². The van der Waals surface area contributed by atoms with Gasteiger partial charge in [-0.2, -0.15) is 5.06 Å². The first kappa shape index (κ1) is 68.5. The summed E-state index contributed by atoms with van der Waals surface area (Å²) >= 11 is 31.7. The van der Waals surface area contributed by atoms with E-state index in [0.29, 0.717) is 71.0 Å². The topological polar surface area (TPSA) is 262 Å². The summed E-state index contributed by atoms with van der Waals surface area (Å²) in [6, 6.07) is 61.7. The van der Waals surface area contributed by atoms with Crippen molar-refractivity contribution in [2.24, 2.45) is 0 Å². The Labute approximate surface area is 575 Å². The maximum Gasteiger partial charge on any atom is 0.257 e.